The van der Waals surface area contributed by atoms with Crippen molar-refractivity contribution in [3.63, 3.8) is 0 Å². The molecule has 26 heavy (non-hydrogen) atoms. The molecule has 0 aliphatic carbocycles. The molecule has 0 amide bonds. The van der Waals surface area contributed by atoms with Crippen LogP contribution in [0.25, 0.3) is 10.8 Å². The fourth-order valence-electron chi connectivity index (χ4n) is 3.24. The number of rotatable bonds is 8. The van der Waals surface area contributed by atoms with Crippen molar-refractivity contribution in [2.75, 3.05) is 6.54 Å². The predicted molar refractivity (Wildman–Crippen MR) is 111 cm³/mol. The summed E-state index contributed by atoms with van der Waals surface area (Å²) >= 11 is 0. The molecule has 1 atom stereocenters. The van der Waals surface area contributed by atoms with Gasteiger partial charge in [-0.1, -0.05) is 61.5 Å². The Morgan fingerprint density at radius 2 is 1.73 bits per heavy atom. The van der Waals surface area contributed by atoms with Gasteiger partial charge in [0.25, 0.3) is 0 Å². The summed E-state index contributed by atoms with van der Waals surface area (Å²) < 4.78 is 6.20. The predicted octanol–water partition coefficient (Wildman–Crippen LogP) is 5.66. The molecule has 0 bridgehead atoms. The summed E-state index contributed by atoms with van der Waals surface area (Å²) in [5.74, 6) is 1.00. The molecule has 0 aliphatic heterocycles. The summed E-state index contributed by atoms with van der Waals surface area (Å²) in [6, 6.07) is 21.4. The average molecular weight is 348 g/mol. The van der Waals surface area contributed by atoms with Crippen LogP contribution < -0.4 is 10.1 Å². The summed E-state index contributed by atoms with van der Waals surface area (Å²) in [4.78, 5) is 0. The summed E-state index contributed by atoms with van der Waals surface area (Å²) in [5.41, 5.74) is 4.03. The summed E-state index contributed by atoms with van der Waals surface area (Å²) in [7, 11) is 0. The maximum absolute atomic E-state index is 6.20. The van der Waals surface area contributed by atoms with E-state index in [1.54, 1.807) is 0 Å². The van der Waals surface area contributed by atoms with Gasteiger partial charge in [0.1, 0.15) is 5.75 Å². The first-order chi connectivity index (χ1) is 12.7. The zero-order valence-electron chi connectivity index (χ0n) is 16.1. The van der Waals surface area contributed by atoms with Crippen molar-refractivity contribution in [1.29, 1.82) is 0 Å². The molecular formula is C24H29NO. The van der Waals surface area contributed by atoms with Crippen LogP contribution in [0, 0.1) is 6.92 Å². The first kappa shape index (κ1) is 18.5. The van der Waals surface area contributed by atoms with E-state index >= 15 is 0 Å². The fourth-order valence-corrected chi connectivity index (χ4v) is 3.24. The van der Waals surface area contributed by atoms with Crippen LogP contribution >= 0.6 is 0 Å². The van der Waals surface area contributed by atoms with Crippen molar-refractivity contribution in [2.24, 2.45) is 0 Å². The average Bonchev–Trinajstić information content (AvgIpc) is 2.67. The van der Waals surface area contributed by atoms with E-state index in [-0.39, 0.29) is 6.10 Å². The van der Waals surface area contributed by atoms with Crippen LogP contribution in [-0.4, -0.2) is 12.6 Å². The van der Waals surface area contributed by atoms with Crippen molar-refractivity contribution < 1.29 is 4.74 Å². The lowest BCUT2D eigenvalue weighted by atomic mass is 10.0. The largest absolute Gasteiger partial charge is 0.490 e. The number of benzene rings is 3. The van der Waals surface area contributed by atoms with Crippen molar-refractivity contribution in [3.05, 3.63) is 77.4 Å². The first-order valence-electron chi connectivity index (χ1n) is 9.61. The van der Waals surface area contributed by atoms with Crippen molar-refractivity contribution in [2.45, 2.75) is 46.3 Å². The van der Waals surface area contributed by atoms with Gasteiger partial charge < -0.3 is 10.1 Å². The minimum absolute atomic E-state index is 0.224. The highest BCUT2D eigenvalue weighted by atomic mass is 16.5. The van der Waals surface area contributed by atoms with Crippen LogP contribution in [0.3, 0.4) is 0 Å². The molecule has 1 unspecified atom stereocenters. The third-order valence-electron chi connectivity index (χ3n) is 5.03. The second kappa shape index (κ2) is 8.86. The highest BCUT2D eigenvalue weighted by Crippen LogP contribution is 2.29. The molecular weight excluding hydrogens is 318 g/mol. The molecule has 2 heteroatoms. The maximum Gasteiger partial charge on any atom is 0.124 e. The second-order valence-electron chi connectivity index (χ2n) is 6.95. The molecule has 3 aromatic carbocycles. The SMILES string of the molecule is CCC(C)Oc1ccc2ccccc2c1CNCCc1ccccc1C. The highest BCUT2D eigenvalue weighted by Gasteiger charge is 2.11. The van der Waals surface area contributed by atoms with Crippen LogP contribution in [-0.2, 0) is 13.0 Å². The number of fused-ring (bicyclic) bond motifs is 1. The van der Waals surface area contributed by atoms with Gasteiger partial charge in [0, 0.05) is 12.1 Å². The van der Waals surface area contributed by atoms with Crippen molar-refractivity contribution in [3.8, 4) is 5.75 Å². The molecule has 3 rings (SSSR count). The molecule has 136 valence electrons. The van der Waals surface area contributed by atoms with Gasteiger partial charge in [-0.25, -0.2) is 0 Å². The fraction of sp³-hybridized carbons (Fsp3) is 0.333. The maximum atomic E-state index is 6.20. The van der Waals surface area contributed by atoms with Gasteiger partial charge in [-0.05, 0) is 61.2 Å². The van der Waals surface area contributed by atoms with Crippen LogP contribution in [0.2, 0.25) is 0 Å². The van der Waals surface area contributed by atoms with Crippen LogP contribution in [0.5, 0.6) is 5.75 Å². The molecule has 0 saturated carbocycles. The zero-order valence-corrected chi connectivity index (χ0v) is 16.1. The lowest BCUT2D eigenvalue weighted by Crippen LogP contribution is -2.19. The van der Waals surface area contributed by atoms with Gasteiger partial charge >= 0.3 is 0 Å². The Morgan fingerprint density at radius 3 is 2.54 bits per heavy atom. The van der Waals surface area contributed by atoms with E-state index in [1.807, 2.05) is 0 Å². The van der Waals surface area contributed by atoms with Crippen LogP contribution in [0.1, 0.15) is 37.0 Å². The van der Waals surface area contributed by atoms with Gasteiger partial charge in [0.05, 0.1) is 6.10 Å². The molecule has 0 heterocycles. The summed E-state index contributed by atoms with van der Waals surface area (Å²) in [6.45, 7) is 8.24. The second-order valence-corrected chi connectivity index (χ2v) is 6.95. The number of nitrogens with one attached hydrogen (secondary N) is 1. The van der Waals surface area contributed by atoms with E-state index < -0.39 is 0 Å². The molecule has 0 aromatic heterocycles. The molecule has 0 saturated heterocycles. The number of hydrogen-bond acceptors (Lipinski definition) is 2. The van der Waals surface area contributed by atoms with E-state index in [0.29, 0.717) is 0 Å². The summed E-state index contributed by atoms with van der Waals surface area (Å²) in [6.07, 6.45) is 2.27. The van der Waals surface area contributed by atoms with Crippen LogP contribution in [0.4, 0.5) is 0 Å². The molecule has 0 radical (unpaired) electrons. The van der Waals surface area contributed by atoms with Crippen molar-refractivity contribution >= 4 is 10.8 Å². The lowest BCUT2D eigenvalue weighted by Gasteiger charge is -2.18. The number of ether oxygens (including phenoxy) is 1. The standard InChI is InChI=1S/C24H29NO/c1-4-19(3)26-24-14-13-21-11-7-8-12-22(21)23(24)17-25-16-15-20-10-6-5-9-18(20)2/h5-14,19,25H,4,15-17H2,1-3H3. The van der Waals surface area contributed by atoms with Gasteiger partial charge in [0.2, 0.25) is 0 Å². The molecule has 2 nitrogen and oxygen atoms in total. The van der Waals surface area contributed by atoms with Crippen molar-refractivity contribution in [1.82, 2.24) is 5.32 Å². The third kappa shape index (κ3) is 4.44. The van der Waals surface area contributed by atoms with E-state index in [1.165, 1.54) is 27.5 Å². The lowest BCUT2D eigenvalue weighted by molar-refractivity contribution is 0.215. The van der Waals surface area contributed by atoms with Crippen LogP contribution in [0.15, 0.2) is 60.7 Å². The Balaban J connectivity index is 1.74. The van der Waals surface area contributed by atoms with Gasteiger partial charge in [0.15, 0.2) is 0 Å². The Bertz CT molecular complexity index is 856. The van der Waals surface area contributed by atoms with E-state index in [4.69, 9.17) is 4.74 Å². The van der Waals surface area contributed by atoms with Gasteiger partial charge in [-0.15, -0.1) is 0 Å². The molecule has 3 aromatic rings. The van der Waals surface area contributed by atoms with E-state index in [9.17, 15) is 0 Å². The topological polar surface area (TPSA) is 21.3 Å². The monoisotopic (exact) mass is 347 g/mol. The normalized spacial score (nSPS) is 12.3. The Hall–Kier alpha value is -2.32. The molecule has 0 fully saturated rings. The minimum atomic E-state index is 0.224. The van der Waals surface area contributed by atoms with Gasteiger partial charge in [-0.2, -0.15) is 0 Å². The Kier molecular flexibility index (Phi) is 6.30. The quantitative estimate of drug-likeness (QED) is 0.531. The van der Waals surface area contributed by atoms with E-state index in [0.717, 1.165) is 31.7 Å². The number of hydrogen-bond donors (Lipinski definition) is 1. The molecule has 0 spiro atoms. The zero-order chi connectivity index (χ0) is 18.4. The molecule has 0 aliphatic rings. The number of aryl methyl sites for hydroxylation is 1. The minimum Gasteiger partial charge on any atom is -0.490 e. The first-order valence-corrected chi connectivity index (χ1v) is 9.61. The Labute approximate surface area is 157 Å². The highest BCUT2D eigenvalue weighted by molar-refractivity contribution is 5.87. The Morgan fingerprint density at radius 1 is 0.962 bits per heavy atom. The van der Waals surface area contributed by atoms with E-state index in [2.05, 4.69) is 86.8 Å². The third-order valence-corrected chi connectivity index (χ3v) is 5.03. The molecule has 1 N–H and O–H groups in total. The van der Waals surface area contributed by atoms with Gasteiger partial charge in [-0.3, -0.25) is 0 Å². The summed E-state index contributed by atoms with van der Waals surface area (Å²) in [5, 5.41) is 6.16. The smallest absolute Gasteiger partial charge is 0.124 e.